The molecule has 1 atom stereocenters. The van der Waals surface area contributed by atoms with E-state index in [1.807, 2.05) is 0 Å². The molecule has 1 unspecified atom stereocenters. The Morgan fingerprint density at radius 2 is 1.29 bits per heavy atom. The summed E-state index contributed by atoms with van der Waals surface area (Å²) in [6.07, 6.45) is 0. The summed E-state index contributed by atoms with van der Waals surface area (Å²) >= 11 is 0. The first-order valence-electron chi connectivity index (χ1n) is 10.7. The number of fused-ring (bicyclic) bond motifs is 9. The molecule has 2 heteroatoms. The van der Waals surface area contributed by atoms with Gasteiger partial charge in [0.1, 0.15) is 0 Å². The molecule has 1 nitrogen and oxygen atoms in total. The van der Waals surface area contributed by atoms with Gasteiger partial charge in [0.15, 0.2) is 0 Å². The van der Waals surface area contributed by atoms with E-state index >= 15 is 0 Å². The first-order valence-corrected chi connectivity index (χ1v) is 12.0. The zero-order chi connectivity index (χ0) is 20.5. The van der Waals surface area contributed by atoms with Gasteiger partial charge < -0.3 is 4.57 Å². The molecular weight excluding hydrogens is 393 g/mol. The molecule has 7 rings (SSSR count). The van der Waals surface area contributed by atoms with Gasteiger partial charge in [-0.3, -0.25) is 0 Å². The monoisotopic (exact) mass is 413 g/mol. The van der Waals surface area contributed by atoms with Gasteiger partial charge in [0.05, 0.1) is 5.52 Å². The van der Waals surface area contributed by atoms with E-state index in [0.717, 1.165) is 0 Å². The summed E-state index contributed by atoms with van der Waals surface area (Å²) in [4.78, 5) is 0. The quantitative estimate of drug-likeness (QED) is 0.253. The Morgan fingerprint density at radius 1 is 0.581 bits per heavy atom. The van der Waals surface area contributed by atoms with Crippen LogP contribution in [0.1, 0.15) is 0 Å². The molecule has 0 spiro atoms. The molecule has 0 amide bonds. The van der Waals surface area contributed by atoms with Gasteiger partial charge in [-0.05, 0) is 33.6 Å². The second-order valence-corrected chi connectivity index (χ2v) is 10.4. The predicted molar refractivity (Wildman–Crippen MR) is 137 cm³/mol. The molecule has 0 aliphatic heterocycles. The summed E-state index contributed by atoms with van der Waals surface area (Å²) in [6.45, 7) is 0. The van der Waals surface area contributed by atoms with Gasteiger partial charge in [-0.2, -0.15) is 0 Å². The van der Waals surface area contributed by atoms with Crippen molar-refractivity contribution in [3.05, 3.63) is 103 Å². The highest BCUT2D eigenvalue weighted by Crippen LogP contribution is 2.58. The standard InChI is InChI=1S/C29H20NP/c1-30-25-14-8-7-13-22(25)23-16-17-24-27-21-12-6-5-9-19(21)15-18-26(27)31(29(24)28(23)30)20-10-3-2-4-11-20/h2-18H,1H3. The Labute approximate surface area is 181 Å². The normalized spacial score (nSPS) is 12.6. The highest BCUT2D eigenvalue weighted by molar-refractivity contribution is 7.68. The van der Waals surface area contributed by atoms with Crippen molar-refractivity contribution in [2.45, 2.75) is 0 Å². The van der Waals surface area contributed by atoms with Crippen molar-refractivity contribution >= 4 is 61.1 Å². The third-order valence-corrected chi connectivity index (χ3v) is 9.27. The Hall–Kier alpha value is -3.54. The molecule has 0 aliphatic carbocycles. The van der Waals surface area contributed by atoms with Crippen LogP contribution in [0, 0.1) is 0 Å². The van der Waals surface area contributed by atoms with Crippen molar-refractivity contribution in [2.24, 2.45) is 7.05 Å². The van der Waals surface area contributed by atoms with Gasteiger partial charge in [0, 0.05) is 39.0 Å². The van der Waals surface area contributed by atoms with Crippen LogP contribution in [0.3, 0.4) is 0 Å². The van der Waals surface area contributed by atoms with Crippen LogP contribution < -0.4 is 0 Å². The molecule has 0 fully saturated rings. The van der Waals surface area contributed by atoms with Crippen LogP contribution in [-0.4, -0.2) is 4.57 Å². The van der Waals surface area contributed by atoms with Crippen LogP contribution in [0.5, 0.6) is 0 Å². The second kappa shape index (κ2) is 6.23. The molecule has 5 aromatic carbocycles. The van der Waals surface area contributed by atoms with E-state index in [1.54, 1.807) is 0 Å². The minimum absolute atomic E-state index is 0.619. The Bertz CT molecular complexity index is 1780. The molecule has 0 saturated carbocycles. The minimum Gasteiger partial charge on any atom is -0.343 e. The van der Waals surface area contributed by atoms with Crippen LogP contribution in [0.2, 0.25) is 0 Å². The fourth-order valence-corrected chi connectivity index (χ4v) is 8.22. The SMILES string of the molecule is Cn1c2ccccc2c2ccc3c4c5ccccc5ccc4p(-c4ccccc4)c3c21. The number of hydrogen-bond donors (Lipinski definition) is 0. The summed E-state index contributed by atoms with van der Waals surface area (Å²) in [5.74, 6) is 0. The molecule has 7 aromatic rings. The number of hydrogen-bond acceptors (Lipinski definition) is 0. The van der Waals surface area contributed by atoms with E-state index in [-0.39, 0.29) is 0 Å². The highest BCUT2D eigenvalue weighted by Gasteiger charge is 2.20. The van der Waals surface area contributed by atoms with Crippen LogP contribution in [-0.2, 0) is 7.05 Å². The maximum Gasteiger partial charge on any atom is 0.0612 e. The maximum atomic E-state index is 2.41. The molecule has 0 N–H and O–H groups in total. The summed E-state index contributed by atoms with van der Waals surface area (Å²) in [7, 11) is 1.61. The van der Waals surface area contributed by atoms with Gasteiger partial charge in [0.2, 0.25) is 0 Å². The molecule has 0 aliphatic rings. The van der Waals surface area contributed by atoms with Gasteiger partial charge in [0.25, 0.3) is 0 Å². The lowest BCUT2D eigenvalue weighted by atomic mass is 10.0. The van der Waals surface area contributed by atoms with Gasteiger partial charge in [-0.25, -0.2) is 0 Å². The summed E-state index contributed by atoms with van der Waals surface area (Å²) in [5.41, 5.74) is 2.68. The topological polar surface area (TPSA) is 4.93 Å². The second-order valence-electron chi connectivity index (χ2n) is 8.29. The fourth-order valence-electron chi connectivity index (χ4n) is 5.37. The van der Waals surface area contributed by atoms with Crippen molar-refractivity contribution in [3.63, 3.8) is 0 Å². The Balaban J connectivity index is 1.83. The van der Waals surface area contributed by atoms with Crippen molar-refractivity contribution in [1.82, 2.24) is 4.57 Å². The summed E-state index contributed by atoms with van der Waals surface area (Å²) in [5, 5.41) is 12.6. The molecule has 31 heavy (non-hydrogen) atoms. The smallest absolute Gasteiger partial charge is 0.0612 e. The Kier molecular flexibility index (Phi) is 3.45. The lowest BCUT2D eigenvalue weighted by molar-refractivity contribution is 1.02. The van der Waals surface area contributed by atoms with Crippen molar-refractivity contribution in [2.75, 3.05) is 0 Å². The first kappa shape index (κ1) is 17.2. The van der Waals surface area contributed by atoms with E-state index < -0.39 is 7.53 Å². The molecule has 2 heterocycles. The van der Waals surface area contributed by atoms with Crippen LogP contribution in [0.25, 0.3) is 58.9 Å². The molecule has 0 saturated heterocycles. The van der Waals surface area contributed by atoms with Gasteiger partial charge in [-0.15, -0.1) is 0 Å². The van der Waals surface area contributed by atoms with Crippen molar-refractivity contribution < 1.29 is 0 Å². The van der Waals surface area contributed by atoms with Crippen LogP contribution in [0.15, 0.2) is 103 Å². The summed E-state index contributed by atoms with van der Waals surface area (Å²) in [6, 6.07) is 38.1. The maximum absolute atomic E-state index is 2.41. The number of para-hydroxylation sites is 1. The zero-order valence-electron chi connectivity index (χ0n) is 17.2. The molecule has 2 aromatic heterocycles. The van der Waals surface area contributed by atoms with Gasteiger partial charge >= 0.3 is 0 Å². The highest BCUT2D eigenvalue weighted by atomic mass is 31.1. The van der Waals surface area contributed by atoms with Crippen molar-refractivity contribution in [1.29, 1.82) is 0 Å². The number of aryl methyl sites for hydroxylation is 1. The fraction of sp³-hybridized carbons (Fsp3) is 0.0345. The van der Waals surface area contributed by atoms with Crippen LogP contribution in [0.4, 0.5) is 0 Å². The van der Waals surface area contributed by atoms with Crippen LogP contribution >= 0.6 is 7.53 Å². The number of rotatable bonds is 1. The number of nitrogens with zero attached hydrogens (tertiary/aromatic N) is 1. The third kappa shape index (κ3) is 2.22. The van der Waals surface area contributed by atoms with Crippen molar-refractivity contribution in [3.8, 4) is 5.30 Å². The lowest BCUT2D eigenvalue weighted by Crippen LogP contribution is -1.86. The van der Waals surface area contributed by atoms with E-state index in [4.69, 9.17) is 0 Å². The third-order valence-electron chi connectivity index (χ3n) is 6.70. The Morgan fingerprint density at radius 3 is 2.16 bits per heavy atom. The molecule has 0 bridgehead atoms. The average Bonchev–Trinajstić information content (AvgIpc) is 3.32. The predicted octanol–water partition coefficient (Wildman–Crippen LogP) is 8.77. The van der Waals surface area contributed by atoms with Gasteiger partial charge in [-0.1, -0.05) is 98.5 Å². The van der Waals surface area contributed by atoms with E-state index in [1.165, 1.54) is 58.9 Å². The zero-order valence-corrected chi connectivity index (χ0v) is 18.1. The molecule has 146 valence electrons. The number of benzene rings is 5. The van der Waals surface area contributed by atoms with E-state index in [0.29, 0.717) is 0 Å². The first-order chi connectivity index (χ1) is 15.3. The lowest BCUT2D eigenvalue weighted by Gasteiger charge is -2.06. The largest absolute Gasteiger partial charge is 0.343 e. The minimum atomic E-state index is -0.619. The average molecular weight is 413 g/mol. The number of aromatic nitrogens is 1. The van der Waals surface area contributed by atoms with E-state index in [9.17, 15) is 0 Å². The molecular formula is C29H20NP. The van der Waals surface area contributed by atoms with E-state index in [2.05, 4.69) is 115 Å². The molecule has 0 radical (unpaired) electrons. The summed E-state index contributed by atoms with van der Waals surface area (Å²) < 4.78 is 2.41.